The van der Waals surface area contributed by atoms with E-state index < -0.39 is 0 Å². The van der Waals surface area contributed by atoms with Crippen LogP contribution in [0.5, 0.6) is 0 Å². The largest absolute Gasteiger partial charge is 0.372 e. The topological polar surface area (TPSA) is 50.9 Å². The Morgan fingerprint density at radius 3 is 2.79 bits per heavy atom. The lowest BCUT2D eigenvalue weighted by Gasteiger charge is -2.22. The summed E-state index contributed by atoms with van der Waals surface area (Å²) in [6, 6.07) is 4.40. The van der Waals surface area contributed by atoms with Gasteiger partial charge in [-0.05, 0) is 62.3 Å². The van der Waals surface area contributed by atoms with Crippen LogP contribution in [-0.2, 0) is 12.8 Å². The number of hydrogen-bond donors (Lipinski definition) is 2. The Hall–Kier alpha value is -1.61. The van der Waals surface area contributed by atoms with Crippen LogP contribution in [0.4, 0.5) is 5.69 Å². The second kappa shape index (κ2) is 4.82. The molecule has 0 fully saturated rings. The molecule has 3 rings (SSSR count). The molecule has 0 atom stereocenters. The average Bonchev–Trinajstić information content (AvgIpc) is 2.38. The third-order valence-corrected chi connectivity index (χ3v) is 3.98. The monoisotopic (exact) mass is 255 g/mol. The summed E-state index contributed by atoms with van der Waals surface area (Å²) in [4.78, 5) is 4.90. The summed E-state index contributed by atoms with van der Waals surface area (Å²) in [6.45, 7) is 4.76. The van der Waals surface area contributed by atoms with E-state index in [1.807, 2.05) is 0 Å². The van der Waals surface area contributed by atoms with Gasteiger partial charge in [-0.1, -0.05) is 6.07 Å². The zero-order valence-electron chi connectivity index (χ0n) is 11.7. The summed E-state index contributed by atoms with van der Waals surface area (Å²) in [5.74, 6) is 0. The SMILES string of the molecule is Cc1cc(C)c2c(NCN)c3c(nc2c1)CCCC3. The first kappa shape index (κ1) is 12.4. The number of aromatic nitrogens is 1. The van der Waals surface area contributed by atoms with Gasteiger partial charge in [-0.3, -0.25) is 4.98 Å². The van der Waals surface area contributed by atoms with E-state index in [0.717, 1.165) is 18.4 Å². The van der Waals surface area contributed by atoms with Crippen LogP contribution in [0, 0.1) is 13.8 Å². The molecular formula is C16H21N3. The molecule has 0 amide bonds. The minimum atomic E-state index is 0.471. The highest BCUT2D eigenvalue weighted by molar-refractivity contribution is 5.96. The van der Waals surface area contributed by atoms with Crippen molar-refractivity contribution in [3.05, 3.63) is 34.5 Å². The molecule has 0 saturated heterocycles. The van der Waals surface area contributed by atoms with Crippen molar-refractivity contribution in [3.63, 3.8) is 0 Å². The molecule has 1 heterocycles. The van der Waals surface area contributed by atoms with E-state index in [0.29, 0.717) is 6.67 Å². The molecule has 0 unspecified atom stereocenters. The fourth-order valence-electron chi connectivity index (χ4n) is 3.23. The maximum Gasteiger partial charge on any atom is 0.0731 e. The molecule has 19 heavy (non-hydrogen) atoms. The van der Waals surface area contributed by atoms with Crippen molar-refractivity contribution >= 4 is 16.6 Å². The molecule has 1 aliphatic carbocycles. The number of benzene rings is 1. The second-order valence-corrected chi connectivity index (χ2v) is 5.48. The van der Waals surface area contributed by atoms with E-state index in [-0.39, 0.29) is 0 Å². The predicted molar refractivity (Wildman–Crippen MR) is 80.5 cm³/mol. The lowest BCUT2D eigenvalue weighted by molar-refractivity contribution is 0.672. The zero-order valence-corrected chi connectivity index (χ0v) is 11.7. The highest BCUT2D eigenvalue weighted by atomic mass is 15.0. The van der Waals surface area contributed by atoms with E-state index in [4.69, 9.17) is 10.7 Å². The lowest BCUT2D eigenvalue weighted by Crippen LogP contribution is -2.16. The number of rotatable bonds is 2. The van der Waals surface area contributed by atoms with E-state index in [2.05, 4.69) is 31.3 Å². The van der Waals surface area contributed by atoms with Crippen molar-refractivity contribution in [1.82, 2.24) is 4.98 Å². The highest BCUT2D eigenvalue weighted by Gasteiger charge is 2.18. The third kappa shape index (κ3) is 2.08. The summed E-state index contributed by atoms with van der Waals surface area (Å²) in [5.41, 5.74) is 13.3. The first-order valence-electron chi connectivity index (χ1n) is 7.07. The van der Waals surface area contributed by atoms with Crippen LogP contribution in [0.1, 0.15) is 35.2 Å². The fraction of sp³-hybridized carbons (Fsp3) is 0.438. The van der Waals surface area contributed by atoms with E-state index >= 15 is 0 Å². The molecule has 2 aromatic rings. The summed E-state index contributed by atoms with van der Waals surface area (Å²) in [5, 5.41) is 4.62. The predicted octanol–water partition coefficient (Wildman–Crippen LogP) is 3.06. The van der Waals surface area contributed by atoms with Crippen LogP contribution < -0.4 is 11.1 Å². The Morgan fingerprint density at radius 2 is 2.00 bits per heavy atom. The standard InChI is InChI=1S/C16H21N3/c1-10-7-11(2)15-14(8-10)19-13-6-4-3-5-12(13)16(15)18-9-17/h7-8H,3-6,9,17H2,1-2H3,(H,18,19). The van der Waals surface area contributed by atoms with Gasteiger partial charge in [-0.25, -0.2) is 0 Å². The first-order chi connectivity index (χ1) is 9.20. The Morgan fingerprint density at radius 1 is 1.21 bits per heavy atom. The molecule has 0 aliphatic heterocycles. The Labute approximate surface area is 114 Å². The number of nitrogens with two attached hydrogens (primary N) is 1. The van der Waals surface area contributed by atoms with Crippen LogP contribution >= 0.6 is 0 Å². The van der Waals surface area contributed by atoms with Crippen LogP contribution in [0.15, 0.2) is 12.1 Å². The lowest BCUT2D eigenvalue weighted by atomic mass is 9.91. The summed E-state index contributed by atoms with van der Waals surface area (Å²) in [7, 11) is 0. The van der Waals surface area contributed by atoms with Gasteiger partial charge in [0, 0.05) is 16.8 Å². The summed E-state index contributed by atoms with van der Waals surface area (Å²) < 4.78 is 0. The molecule has 3 nitrogen and oxygen atoms in total. The average molecular weight is 255 g/mol. The molecule has 3 N–H and O–H groups in total. The molecule has 0 bridgehead atoms. The third-order valence-electron chi connectivity index (χ3n) is 3.98. The molecule has 1 aliphatic rings. The number of aryl methyl sites for hydroxylation is 3. The zero-order chi connectivity index (χ0) is 13.4. The van der Waals surface area contributed by atoms with Crippen LogP contribution in [-0.4, -0.2) is 11.7 Å². The van der Waals surface area contributed by atoms with Crippen molar-refractivity contribution in [2.24, 2.45) is 5.73 Å². The van der Waals surface area contributed by atoms with E-state index in [9.17, 15) is 0 Å². The summed E-state index contributed by atoms with van der Waals surface area (Å²) in [6.07, 6.45) is 4.72. The van der Waals surface area contributed by atoms with Gasteiger partial charge in [0.2, 0.25) is 0 Å². The minimum Gasteiger partial charge on any atom is -0.372 e. The van der Waals surface area contributed by atoms with Crippen molar-refractivity contribution in [3.8, 4) is 0 Å². The van der Waals surface area contributed by atoms with Crippen molar-refractivity contribution in [1.29, 1.82) is 0 Å². The number of nitrogens with one attached hydrogen (secondary N) is 1. The highest BCUT2D eigenvalue weighted by Crippen LogP contribution is 2.35. The fourth-order valence-corrected chi connectivity index (χ4v) is 3.23. The molecule has 1 aromatic carbocycles. The van der Waals surface area contributed by atoms with Gasteiger partial charge in [0.05, 0.1) is 12.2 Å². The van der Waals surface area contributed by atoms with E-state index in [1.54, 1.807) is 0 Å². The van der Waals surface area contributed by atoms with E-state index in [1.165, 1.54) is 46.3 Å². The Balaban J connectivity index is 2.35. The van der Waals surface area contributed by atoms with Crippen LogP contribution in [0.3, 0.4) is 0 Å². The number of pyridine rings is 1. The number of hydrogen-bond acceptors (Lipinski definition) is 3. The first-order valence-corrected chi connectivity index (χ1v) is 7.07. The van der Waals surface area contributed by atoms with Gasteiger partial charge >= 0.3 is 0 Å². The van der Waals surface area contributed by atoms with Crippen LogP contribution in [0.25, 0.3) is 10.9 Å². The maximum atomic E-state index is 5.73. The smallest absolute Gasteiger partial charge is 0.0731 e. The molecule has 0 radical (unpaired) electrons. The van der Waals surface area contributed by atoms with Gasteiger partial charge < -0.3 is 11.1 Å². The summed E-state index contributed by atoms with van der Waals surface area (Å²) >= 11 is 0. The quantitative estimate of drug-likeness (QED) is 0.811. The van der Waals surface area contributed by atoms with Crippen molar-refractivity contribution in [2.45, 2.75) is 39.5 Å². The normalized spacial score (nSPS) is 14.5. The Bertz CT molecular complexity index is 632. The van der Waals surface area contributed by atoms with Crippen molar-refractivity contribution < 1.29 is 0 Å². The molecule has 0 spiro atoms. The van der Waals surface area contributed by atoms with Gasteiger partial charge in [-0.2, -0.15) is 0 Å². The van der Waals surface area contributed by atoms with Gasteiger partial charge in [-0.15, -0.1) is 0 Å². The number of anilines is 1. The molecule has 0 saturated carbocycles. The van der Waals surface area contributed by atoms with Crippen molar-refractivity contribution in [2.75, 3.05) is 12.0 Å². The number of fused-ring (bicyclic) bond motifs is 2. The molecule has 100 valence electrons. The molecular weight excluding hydrogens is 234 g/mol. The van der Waals surface area contributed by atoms with Gasteiger partial charge in [0.25, 0.3) is 0 Å². The maximum absolute atomic E-state index is 5.73. The number of nitrogens with zero attached hydrogens (tertiary/aromatic N) is 1. The minimum absolute atomic E-state index is 0.471. The second-order valence-electron chi connectivity index (χ2n) is 5.48. The Kier molecular flexibility index (Phi) is 3.15. The van der Waals surface area contributed by atoms with Gasteiger partial charge in [0.1, 0.15) is 0 Å². The van der Waals surface area contributed by atoms with Crippen LogP contribution in [0.2, 0.25) is 0 Å². The molecule has 1 aromatic heterocycles. The van der Waals surface area contributed by atoms with Gasteiger partial charge in [0.15, 0.2) is 0 Å². The molecule has 3 heteroatoms.